The molecule has 27 heavy (non-hydrogen) atoms. The SMILES string of the molecule is Cc1ccc(CNC(=O)CNC(=O)[C@@H](N)C(C)C)c(Oc2ccccc2)c1. The van der Waals surface area contributed by atoms with E-state index >= 15 is 0 Å². The Labute approximate surface area is 160 Å². The van der Waals surface area contributed by atoms with Crippen molar-refractivity contribution in [3.05, 3.63) is 59.7 Å². The van der Waals surface area contributed by atoms with Gasteiger partial charge < -0.3 is 21.1 Å². The number of nitrogens with two attached hydrogens (primary N) is 1. The van der Waals surface area contributed by atoms with Gasteiger partial charge in [-0.05, 0) is 36.6 Å². The molecule has 6 heteroatoms. The van der Waals surface area contributed by atoms with Gasteiger partial charge in [-0.15, -0.1) is 0 Å². The van der Waals surface area contributed by atoms with Crippen LogP contribution in [0.25, 0.3) is 0 Å². The van der Waals surface area contributed by atoms with Gasteiger partial charge >= 0.3 is 0 Å². The van der Waals surface area contributed by atoms with Crippen LogP contribution in [0.1, 0.15) is 25.0 Å². The smallest absolute Gasteiger partial charge is 0.239 e. The molecule has 0 fully saturated rings. The van der Waals surface area contributed by atoms with Crippen molar-refractivity contribution in [1.29, 1.82) is 0 Å². The summed E-state index contributed by atoms with van der Waals surface area (Å²) in [6, 6.07) is 14.6. The third-order valence-electron chi connectivity index (χ3n) is 4.11. The van der Waals surface area contributed by atoms with E-state index in [1.165, 1.54) is 0 Å². The maximum atomic E-state index is 12.0. The van der Waals surface area contributed by atoms with Crippen LogP contribution in [-0.2, 0) is 16.1 Å². The van der Waals surface area contributed by atoms with Crippen molar-refractivity contribution in [2.45, 2.75) is 33.4 Å². The number of para-hydroxylation sites is 1. The van der Waals surface area contributed by atoms with Gasteiger partial charge in [0.05, 0.1) is 12.6 Å². The molecule has 2 aromatic rings. The van der Waals surface area contributed by atoms with Crippen LogP contribution < -0.4 is 21.1 Å². The lowest BCUT2D eigenvalue weighted by atomic mass is 10.1. The highest BCUT2D eigenvalue weighted by Gasteiger charge is 2.17. The average Bonchev–Trinajstić information content (AvgIpc) is 2.65. The lowest BCUT2D eigenvalue weighted by Gasteiger charge is -2.16. The summed E-state index contributed by atoms with van der Waals surface area (Å²) in [5.74, 6) is 0.811. The Hall–Kier alpha value is -2.86. The summed E-state index contributed by atoms with van der Waals surface area (Å²) in [5, 5.41) is 5.35. The van der Waals surface area contributed by atoms with Crippen molar-refractivity contribution in [3.63, 3.8) is 0 Å². The number of ether oxygens (including phenoxy) is 1. The summed E-state index contributed by atoms with van der Waals surface area (Å²) in [7, 11) is 0. The third kappa shape index (κ3) is 6.42. The van der Waals surface area contributed by atoms with Crippen molar-refractivity contribution in [1.82, 2.24) is 10.6 Å². The molecule has 0 saturated carbocycles. The van der Waals surface area contributed by atoms with E-state index in [1.54, 1.807) is 0 Å². The molecule has 2 rings (SSSR count). The second-order valence-corrected chi connectivity index (χ2v) is 6.79. The van der Waals surface area contributed by atoms with Crippen LogP contribution in [0.2, 0.25) is 0 Å². The fourth-order valence-electron chi connectivity index (χ4n) is 2.36. The van der Waals surface area contributed by atoms with E-state index < -0.39 is 6.04 Å². The normalized spacial score (nSPS) is 11.7. The van der Waals surface area contributed by atoms with E-state index in [0.29, 0.717) is 12.3 Å². The molecular formula is C21H27N3O3. The molecule has 144 valence electrons. The Kier molecular flexibility index (Phi) is 7.37. The first-order valence-corrected chi connectivity index (χ1v) is 8.99. The first-order valence-electron chi connectivity index (χ1n) is 8.99. The number of hydrogen-bond acceptors (Lipinski definition) is 4. The van der Waals surface area contributed by atoms with Crippen LogP contribution in [0.3, 0.4) is 0 Å². The number of nitrogens with one attached hydrogen (secondary N) is 2. The van der Waals surface area contributed by atoms with Crippen molar-refractivity contribution >= 4 is 11.8 Å². The Morgan fingerprint density at radius 2 is 1.78 bits per heavy atom. The molecule has 0 aliphatic rings. The number of amides is 2. The summed E-state index contributed by atoms with van der Waals surface area (Å²) < 4.78 is 5.94. The summed E-state index contributed by atoms with van der Waals surface area (Å²) in [4.78, 5) is 23.9. The van der Waals surface area contributed by atoms with Crippen LogP contribution in [0.5, 0.6) is 11.5 Å². The van der Waals surface area contributed by atoms with E-state index in [2.05, 4.69) is 10.6 Å². The van der Waals surface area contributed by atoms with Crippen LogP contribution in [-0.4, -0.2) is 24.4 Å². The highest BCUT2D eigenvalue weighted by atomic mass is 16.5. The second kappa shape index (κ2) is 9.73. The number of rotatable bonds is 8. The Morgan fingerprint density at radius 3 is 2.44 bits per heavy atom. The number of carbonyl (C=O) groups is 2. The molecule has 0 aromatic heterocycles. The van der Waals surface area contributed by atoms with Gasteiger partial charge in [-0.3, -0.25) is 9.59 Å². The van der Waals surface area contributed by atoms with E-state index in [-0.39, 0.29) is 24.3 Å². The maximum absolute atomic E-state index is 12.0. The van der Waals surface area contributed by atoms with Gasteiger partial charge in [0.1, 0.15) is 11.5 Å². The minimum absolute atomic E-state index is 0.0123. The fourth-order valence-corrected chi connectivity index (χ4v) is 2.36. The first-order chi connectivity index (χ1) is 12.9. The second-order valence-electron chi connectivity index (χ2n) is 6.79. The van der Waals surface area contributed by atoms with E-state index in [4.69, 9.17) is 10.5 Å². The van der Waals surface area contributed by atoms with Gasteiger partial charge in [0, 0.05) is 12.1 Å². The van der Waals surface area contributed by atoms with Gasteiger partial charge in [-0.1, -0.05) is 44.2 Å². The van der Waals surface area contributed by atoms with E-state index in [0.717, 1.165) is 16.9 Å². The predicted molar refractivity (Wildman–Crippen MR) is 105 cm³/mol. The number of benzene rings is 2. The molecule has 4 N–H and O–H groups in total. The molecule has 1 atom stereocenters. The van der Waals surface area contributed by atoms with Gasteiger partial charge in [-0.2, -0.15) is 0 Å². The summed E-state index contributed by atoms with van der Waals surface area (Å²) in [6.07, 6.45) is 0. The van der Waals surface area contributed by atoms with Gasteiger partial charge in [0.25, 0.3) is 0 Å². The topological polar surface area (TPSA) is 93.5 Å². The van der Waals surface area contributed by atoms with Crippen LogP contribution in [0, 0.1) is 12.8 Å². The van der Waals surface area contributed by atoms with Crippen molar-refractivity contribution in [2.75, 3.05) is 6.54 Å². The molecule has 2 aromatic carbocycles. The molecule has 0 saturated heterocycles. The van der Waals surface area contributed by atoms with Gasteiger partial charge in [0.2, 0.25) is 11.8 Å². The van der Waals surface area contributed by atoms with Crippen LogP contribution in [0.15, 0.2) is 48.5 Å². The van der Waals surface area contributed by atoms with E-state index in [9.17, 15) is 9.59 Å². The highest BCUT2D eigenvalue weighted by molar-refractivity contribution is 5.87. The fraction of sp³-hybridized carbons (Fsp3) is 0.333. The minimum atomic E-state index is -0.624. The average molecular weight is 369 g/mol. The standard InChI is InChI=1S/C21H27N3O3/c1-14(2)20(22)21(26)24-13-19(25)23-12-16-10-9-15(3)11-18(16)27-17-7-5-4-6-8-17/h4-11,14,20H,12-13,22H2,1-3H3,(H,23,25)(H,24,26)/t20-/m0/s1. The summed E-state index contributed by atoms with van der Waals surface area (Å²) in [6.45, 7) is 5.88. The van der Waals surface area contributed by atoms with E-state index in [1.807, 2.05) is 69.3 Å². The van der Waals surface area contributed by atoms with Crippen molar-refractivity contribution in [3.8, 4) is 11.5 Å². The summed E-state index contributed by atoms with van der Waals surface area (Å²) in [5.41, 5.74) is 7.67. The molecular weight excluding hydrogens is 342 g/mol. The molecule has 6 nitrogen and oxygen atoms in total. The first kappa shape index (κ1) is 20.5. The molecule has 0 aliphatic heterocycles. The Morgan fingerprint density at radius 1 is 1.07 bits per heavy atom. The lowest BCUT2D eigenvalue weighted by Crippen LogP contribution is -2.47. The van der Waals surface area contributed by atoms with Gasteiger partial charge in [0.15, 0.2) is 0 Å². The molecule has 0 spiro atoms. The zero-order chi connectivity index (χ0) is 19.8. The largest absolute Gasteiger partial charge is 0.457 e. The predicted octanol–water partition coefficient (Wildman–Crippen LogP) is 2.50. The van der Waals surface area contributed by atoms with Gasteiger partial charge in [-0.25, -0.2) is 0 Å². The number of hydrogen-bond donors (Lipinski definition) is 3. The number of aryl methyl sites for hydroxylation is 1. The Bertz CT molecular complexity index is 775. The van der Waals surface area contributed by atoms with Crippen LogP contribution >= 0.6 is 0 Å². The molecule has 0 radical (unpaired) electrons. The Balaban J connectivity index is 1.93. The zero-order valence-electron chi connectivity index (χ0n) is 16.0. The minimum Gasteiger partial charge on any atom is -0.457 e. The maximum Gasteiger partial charge on any atom is 0.239 e. The quantitative estimate of drug-likeness (QED) is 0.666. The zero-order valence-corrected chi connectivity index (χ0v) is 16.0. The van der Waals surface area contributed by atoms with Crippen molar-refractivity contribution < 1.29 is 14.3 Å². The summed E-state index contributed by atoms with van der Waals surface area (Å²) >= 11 is 0. The van der Waals surface area contributed by atoms with Crippen LogP contribution in [0.4, 0.5) is 0 Å². The lowest BCUT2D eigenvalue weighted by molar-refractivity contribution is -0.127. The van der Waals surface area contributed by atoms with Crippen molar-refractivity contribution in [2.24, 2.45) is 11.7 Å². The third-order valence-corrected chi connectivity index (χ3v) is 4.11. The molecule has 0 aliphatic carbocycles. The molecule has 0 bridgehead atoms. The molecule has 0 unspecified atom stereocenters. The molecule has 2 amide bonds. The highest BCUT2D eigenvalue weighted by Crippen LogP contribution is 2.26. The number of carbonyl (C=O) groups excluding carboxylic acids is 2. The molecule has 0 heterocycles. The monoisotopic (exact) mass is 369 g/mol.